The molecule has 106 heavy (non-hydrogen) atoms. The van der Waals surface area contributed by atoms with Crippen LogP contribution in [0.15, 0.2) is 273 Å². The summed E-state index contributed by atoms with van der Waals surface area (Å²) in [5.41, 5.74) is 28.4. The maximum absolute atomic E-state index is 9.76. The molecule has 0 fully saturated rings. The Morgan fingerprint density at radius 2 is 0.736 bits per heavy atom. The highest BCUT2D eigenvalue weighted by molar-refractivity contribution is 7.00. The van der Waals surface area contributed by atoms with Crippen LogP contribution in [0.25, 0.3) is 94.4 Å². The lowest BCUT2D eigenvalue weighted by Crippen LogP contribution is -2.61. The summed E-state index contributed by atoms with van der Waals surface area (Å²) < 4.78 is 49.4. The number of pyridine rings is 1. The molecule has 4 nitrogen and oxygen atoms in total. The van der Waals surface area contributed by atoms with Crippen molar-refractivity contribution < 1.29 is 6.85 Å². The summed E-state index contributed by atoms with van der Waals surface area (Å²) in [6.07, 6.45) is 0. The third kappa shape index (κ3) is 12.4. The van der Waals surface area contributed by atoms with E-state index in [1.165, 1.54) is 33.0 Å². The van der Waals surface area contributed by atoms with Gasteiger partial charge in [0, 0.05) is 72.6 Å². The summed E-state index contributed by atoms with van der Waals surface area (Å²) in [5.74, 6) is 0. The highest BCUT2D eigenvalue weighted by Crippen LogP contribution is 2.56. The van der Waals surface area contributed by atoms with Gasteiger partial charge in [-0.1, -0.05) is 319 Å². The summed E-state index contributed by atoms with van der Waals surface area (Å²) in [7, 11) is 0. The van der Waals surface area contributed by atoms with Crippen molar-refractivity contribution in [1.82, 2.24) is 9.55 Å². The molecule has 526 valence electrons. The van der Waals surface area contributed by atoms with Crippen LogP contribution in [-0.4, -0.2) is 16.3 Å². The van der Waals surface area contributed by atoms with Gasteiger partial charge in [-0.3, -0.25) is 4.98 Å². The molecule has 0 saturated carbocycles. The number of rotatable bonds is 9. The number of anilines is 6. The summed E-state index contributed by atoms with van der Waals surface area (Å²) in [5, 5.41) is 2.40. The number of benzene rings is 12. The van der Waals surface area contributed by atoms with E-state index in [2.05, 4.69) is 376 Å². The molecule has 4 heterocycles. The van der Waals surface area contributed by atoms with Crippen molar-refractivity contribution in [3.05, 3.63) is 306 Å². The van der Waals surface area contributed by atoms with Gasteiger partial charge in [-0.2, -0.15) is 0 Å². The molecule has 2 aliphatic rings. The average Bonchev–Trinajstić information content (AvgIpc) is 0.827. The fourth-order valence-corrected chi connectivity index (χ4v) is 16.0. The van der Waals surface area contributed by atoms with Crippen LogP contribution in [0.4, 0.5) is 34.1 Å². The molecule has 0 N–H and O–H groups in total. The zero-order valence-corrected chi connectivity index (χ0v) is 65.0. The lowest BCUT2D eigenvalue weighted by molar-refractivity contribution is 0.569. The number of hydrogen-bond donors (Lipinski definition) is 0. The monoisotopic (exact) mass is 1380 g/mol. The van der Waals surface area contributed by atoms with Crippen LogP contribution < -0.4 is 26.2 Å². The molecule has 14 aromatic rings. The maximum Gasteiger partial charge on any atom is 0.252 e. The van der Waals surface area contributed by atoms with Gasteiger partial charge in [-0.05, 0) is 189 Å². The van der Waals surface area contributed by atoms with Crippen molar-refractivity contribution in [2.45, 2.75) is 157 Å². The first-order valence-corrected chi connectivity index (χ1v) is 37.8. The summed E-state index contributed by atoms with van der Waals surface area (Å²) in [6.45, 7) is 40.7. The topological polar surface area (TPSA) is 24.3 Å². The van der Waals surface area contributed by atoms with E-state index >= 15 is 0 Å². The zero-order valence-electron chi connectivity index (χ0n) is 70.0. The van der Waals surface area contributed by atoms with Gasteiger partial charge in [0.15, 0.2) is 0 Å². The minimum atomic E-state index is -0.471. The van der Waals surface area contributed by atoms with Crippen molar-refractivity contribution in [1.29, 1.82) is 0 Å². The Bertz CT molecular complexity index is 5900. The van der Waals surface area contributed by atoms with Gasteiger partial charge in [0.1, 0.15) is 0 Å². The minimum Gasteiger partial charge on any atom is -0.310 e. The molecular formula is C101H99BN4. The zero-order chi connectivity index (χ0) is 78.7. The molecule has 0 bridgehead atoms. The second-order valence-electron chi connectivity index (χ2n) is 35.8. The molecule has 0 unspecified atom stereocenters. The molecule has 16 rings (SSSR count). The predicted molar refractivity (Wildman–Crippen MR) is 457 cm³/mol. The van der Waals surface area contributed by atoms with Crippen LogP contribution in [0.1, 0.15) is 165 Å². The lowest BCUT2D eigenvalue weighted by atomic mass is 9.33. The third-order valence-electron chi connectivity index (χ3n) is 22.1. The van der Waals surface area contributed by atoms with E-state index in [9.17, 15) is 5.48 Å². The van der Waals surface area contributed by atoms with Crippen LogP contribution in [0, 0.1) is 0 Å². The first-order valence-electron chi connectivity index (χ1n) is 40.3. The molecule has 2 aliphatic heterocycles. The Kier molecular flexibility index (Phi) is 15.3. The smallest absolute Gasteiger partial charge is 0.252 e. The number of nitrogens with zero attached hydrogens (tertiary/aromatic N) is 4. The molecule has 5 heteroatoms. The Balaban J connectivity index is 1.14. The van der Waals surface area contributed by atoms with E-state index in [0.29, 0.717) is 5.56 Å². The lowest BCUT2D eigenvalue weighted by Gasteiger charge is -2.46. The largest absolute Gasteiger partial charge is 0.310 e. The summed E-state index contributed by atoms with van der Waals surface area (Å²) >= 11 is 0. The van der Waals surface area contributed by atoms with Crippen LogP contribution >= 0.6 is 0 Å². The van der Waals surface area contributed by atoms with Crippen LogP contribution in [-0.2, 0) is 32.5 Å². The second kappa shape index (κ2) is 25.5. The molecule has 0 aliphatic carbocycles. The molecule has 0 saturated heterocycles. The van der Waals surface area contributed by atoms with Gasteiger partial charge in [0.25, 0.3) is 6.71 Å². The molecule has 12 aromatic carbocycles. The maximum atomic E-state index is 9.76. The Hall–Kier alpha value is -10.7. The Labute approximate surface area is 637 Å². The van der Waals surface area contributed by atoms with Gasteiger partial charge in [0.05, 0.1) is 35.0 Å². The molecule has 0 spiro atoms. The Morgan fingerprint density at radius 3 is 1.24 bits per heavy atom. The van der Waals surface area contributed by atoms with E-state index in [-0.39, 0.29) is 62.2 Å². The molecule has 2 aromatic heterocycles. The molecule has 0 radical (unpaired) electrons. The number of para-hydroxylation sites is 1. The van der Waals surface area contributed by atoms with E-state index in [4.69, 9.17) is 6.35 Å². The van der Waals surface area contributed by atoms with Gasteiger partial charge < -0.3 is 14.4 Å². The van der Waals surface area contributed by atoms with Crippen molar-refractivity contribution in [2.75, 3.05) is 9.80 Å². The van der Waals surface area contributed by atoms with Crippen LogP contribution in [0.2, 0.25) is 0 Å². The normalized spacial score (nSPS) is 14.0. The van der Waals surface area contributed by atoms with Crippen molar-refractivity contribution in [2.24, 2.45) is 0 Å². The van der Waals surface area contributed by atoms with E-state index in [0.717, 1.165) is 134 Å². The van der Waals surface area contributed by atoms with Crippen LogP contribution in [0.5, 0.6) is 0 Å². The van der Waals surface area contributed by atoms with Crippen molar-refractivity contribution in [3.8, 4) is 72.6 Å². The fourth-order valence-electron chi connectivity index (χ4n) is 16.0. The van der Waals surface area contributed by atoms with E-state index < -0.39 is 12.8 Å². The van der Waals surface area contributed by atoms with Crippen molar-refractivity contribution in [3.63, 3.8) is 0 Å². The van der Waals surface area contributed by atoms with Gasteiger partial charge in [0.2, 0.25) is 0 Å². The van der Waals surface area contributed by atoms with Gasteiger partial charge in [-0.25, -0.2) is 0 Å². The Morgan fingerprint density at radius 1 is 0.302 bits per heavy atom. The highest BCUT2D eigenvalue weighted by atomic mass is 15.2. The highest BCUT2D eigenvalue weighted by Gasteiger charge is 2.46. The average molecular weight is 1380 g/mol. The predicted octanol–water partition coefficient (Wildman–Crippen LogP) is 26.0. The van der Waals surface area contributed by atoms with Crippen molar-refractivity contribution >= 4 is 79.0 Å². The first-order chi connectivity index (χ1) is 52.4. The third-order valence-corrected chi connectivity index (χ3v) is 22.1. The quantitative estimate of drug-likeness (QED) is 0.135. The number of hydrogen-bond acceptors (Lipinski definition) is 3. The standard InChI is InChI=1S/C101H99BN4/c1-96(2,3)71-46-51-86-80(59-71)81-60-72(97(4,5)6)47-52-87(81)104(86)76-48-50-84-89(63-76)106(94-77(65-35-25-20-26-36-65)41-31-42-78(94)66-37-27-21-28-38-66)91-57-70(69-53-73(98(7,8)9)58-74(54-69)99(10,11)12)56-90-93(91)102(84)83-49-45-68(64-33-23-19-24-34-64)55-88(83)105(90)95-79(67-39-29-22-30-40-67)61-75(100(13,14)15)62-82(95)85-43-32-44-92(103-85)101(16,17)18/h19-63H,1-18H3/i19D,23D,24D,33D,34D. The molecule has 0 amide bonds. The molecule has 0 atom stereocenters. The summed E-state index contributed by atoms with van der Waals surface area (Å²) in [4.78, 5) is 10.9. The van der Waals surface area contributed by atoms with Gasteiger partial charge >= 0.3 is 0 Å². The van der Waals surface area contributed by atoms with E-state index in [1.54, 1.807) is 0 Å². The van der Waals surface area contributed by atoms with E-state index in [1.807, 2.05) is 6.07 Å². The second-order valence-corrected chi connectivity index (χ2v) is 35.8. The number of aromatic nitrogens is 2. The SMILES string of the molecule is [2H]c1c([2H])c([2H])c(-c2ccc3c(c2)N(c2c(-c4ccccc4)cc(C(C)(C)C)cc2-c2cccc(C(C)(C)C)n2)c2cc(-c4cc(C(C)(C)C)cc(C(C)(C)C)c4)cc4c2B3c2ccc(-n3c5ccc(C(C)(C)C)cc5c5cc(C(C)(C)C)ccc53)cc2N4c2c(-c3ccccc3)cccc2-c2ccccc2)c([2H])c1[2H]. The van der Waals surface area contributed by atoms with Crippen LogP contribution in [0.3, 0.4) is 0 Å². The minimum absolute atomic E-state index is 0.108. The summed E-state index contributed by atoms with van der Waals surface area (Å²) in [6, 6.07) is 88.7. The van der Waals surface area contributed by atoms with Gasteiger partial charge in [-0.15, -0.1) is 0 Å². The molecular weight excluding hydrogens is 1280 g/mol. The first kappa shape index (κ1) is 63.7. The number of fused-ring (bicyclic) bond motifs is 7. The fraction of sp³-hybridized carbons (Fsp3) is 0.238.